The van der Waals surface area contributed by atoms with Gasteiger partial charge in [0.1, 0.15) is 5.25 Å². The number of ether oxygens (including phenoxy) is 1. The van der Waals surface area contributed by atoms with Gasteiger partial charge in [0.2, 0.25) is 0 Å². The van der Waals surface area contributed by atoms with Crippen LogP contribution < -0.4 is 5.32 Å². The Morgan fingerprint density at radius 3 is 2.64 bits per heavy atom. The first-order valence-electron chi connectivity index (χ1n) is 3.92. The van der Waals surface area contributed by atoms with Crippen molar-refractivity contribution in [2.24, 2.45) is 0 Å². The van der Waals surface area contributed by atoms with E-state index in [1.165, 1.54) is 19.3 Å². The molecule has 0 unspecified atom stereocenters. The highest BCUT2D eigenvalue weighted by atomic mass is 32.2. The molecule has 1 amide bonds. The molecule has 0 aromatic rings. The minimum Gasteiger partial charge on any atom is -0.453 e. The zero-order valence-corrected chi connectivity index (χ0v) is 8.32. The van der Waals surface area contributed by atoms with Crippen LogP contribution in [0.3, 0.4) is 0 Å². The van der Waals surface area contributed by atoms with E-state index in [1.54, 1.807) is 0 Å². The minimum atomic E-state index is -4.06. The number of rotatable bonds is 2. The van der Waals surface area contributed by atoms with Crippen LogP contribution in [-0.4, -0.2) is 37.5 Å². The van der Waals surface area contributed by atoms with Crippen LogP contribution in [0.15, 0.2) is 12.2 Å². The second kappa shape index (κ2) is 3.97. The number of hydrogen-bond donors (Lipinski definition) is 2. The second-order valence-corrected chi connectivity index (χ2v) is 4.55. The highest BCUT2D eigenvalue weighted by molar-refractivity contribution is 7.86. The standard InChI is InChI=1S/C7H11NO5S/c1-13-7(9)8-5-2-3-6(4-5)14(10,11)12/h2-3,5-6H,4H2,1H3,(H,8,9)(H,10,11,12)/t5-,6+/m1/s1. The fourth-order valence-corrected chi connectivity index (χ4v) is 1.94. The lowest BCUT2D eigenvalue weighted by atomic mass is 10.3. The van der Waals surface area contributed by atoms with Gasteiger partial charge in [0, 0.05) is 0 Å². The number of amides is 1. The summed E-state index contributed by atoms with van der Waals surface area (Å²) in [5.41, 5.74) is 0. The van der Waals surface area contributed by atoms with Gasteiger partial charge in [-0.05, 0) is 6.42 Å². The van der Waals surface area contributed by atoms with Crippen molar-refractivity contribution in [1.29, 1.82) is 0 Å². The van der Waals surface area contributed by atoms with E-state index in [1.807, 2.05) is 0 Å². The summed E-state index contributed by atoms with van der Waals surface area (Å²) < 4.78 is 34.4. The maximum atomic E-state index is 10.7. The third-order valence-electron chi connectivity index (χ3n) is 1.92. The number of carbonyl (C=O) groups excluding carboxylic acids is 1. The molecule has 1 aliphatic rings. The zero-order chi connectivity index (χ0) is 10.8. The Balaban J connectivity index is 2.52. The van der Waals surface area contributed by atoms with E-state index in [0.717, 1.165) is 0 Å². The van der Waals surface area contributed by atoms with Crippen LogP contribution in [0.4, 0.5) is 4.79 Å². The van der Waals surface area contributed by atoms with Crippen molar-refractivity contribution in [2.45, 2.75) is 17.7 Å². The Labute approximate surface area is 81.7 Å². The van der Waals surface area contributed by atoms with Gasteiger partial charge < -0.3 is 10.1 Å². The highest BCUT2D eigenvalue weighted by Crippen LogP contribution is 2.17. The first-order valence-corrected chi connectivity index (χ1v) is 5.43. The quantitative estimate of drug-likeness (QED) is 0.503. The lowest BCUT2D eigenvalue weighted by Crippen LogP contribution is -2.33. The molecule has 2 N–H and O–H groups in total. The normalized spacial score (nSPS) is 26.1. The molecule has 0 aliphatic heterocycles. The molecule has 6 nitrogen and oxygen atoms in total. The summed E-state index contributed by atoms with van der Waals surface area (Å²) in [6, 6.07) is -0.408. The number of nitrogens with one attached hydrogen (secondary N) is 1. The average molecular weight is 221 g/mol. The van der Waals surface area contributed by atoms with Crippen molar-refractivity contribution in [1.82, 2.24) is 5.32 Å². The van der Waals surface area contributed by atoms with Gasteiger partial charge in [-0.15, -0.1) is 0 Å². The lowest BCUT2D eigenvalue weighted by molar-refractivity contribution is 0.168. The van der Waals surface area contributed by atoms with Gasteiger partial charge in [-0.2, -0.15) is 8.42 Å². The first kappa shape index (κ1) is 11.0. The summed E-state index contributed by atoms with van der Waals surface area (Å²) in [4.78, 5) is 10.7. The molecule has 1 aliphatic carbocycles. The lowest BCUT2D eigenvalue weighted by Gasteiger charge is -2.10. The van der Waals surface area contributed by atoms with E-state index >= 15 is 0 Å². The smallest absolute Gasteiger partial charge is 0.407 e. The monoisotopic (exact) mass is 221 g/mol. The van der Waals surface area contributed by atoms with Crippen molar-refractivity contribution in [2.75, 3.05) is 7.11 Å². The molecule has 0 saturated heterocycles. The molecule has 0 fully saturated rings. The summed E-state index contributed by atoms with van der Waals surface area (Å²) >= 11 is 0. The Bertz CT molecular complexity index is 347. The van der Waals surface area contributed by atoms with Crippen LogP contribution in [0.5, 0.6) is 0 Å². The van der Waals surface area contributed by atoms with Crippen LogP contribution in [0.1, 0.15) is 6.42 Å². The van der Waals surface area contributed by atoms with Gasteiger partial charge >= 0.3 is 6.09 Å². The topological polar surface area (TPSA) is 92.7 Å². The Kier molecular flexibility index (Phi) is 3.12. The summed E-state index contributed by atoms with van der Waals surface area (Å²) in [6.07, 6.45) is 2.36. The molecule has 0 heterocycles. The summed E-state index contributed by atoms with van der Waals surface area (Å²) in [6.45, 7) is 0. The van der Waals surface area contributed by atoms with Crippen molar-refractivity contribution in [3.05, 3.63) is 12.2 Å². The van der Waals surface area contributed by atoms with Crippen LogP contribution in [0.25, 0.3) is 0 Å². The number of alkyl carbamates (subject to hydrolysis) is 1. The molecule has 80 valence electrons. The van der Waals surface area contributed by atoms with Crippen molar-refractivity contribution in [3.63, 3.8) is 0 Å². The fourth-order valence-electron chi connectivity index (χ4n) is 1.20. The van der Waals surface area contributed by atoms with Gasteiger partial charge in [0.25, 0.3) is 10.1 Å². The third-order valence-corrected chi connectivity index (χ3v) is 3.03. The predicted molar refractivity (Wildman–Crippen MR) is 48.4 cm³/mol. The molecule has 0 saturated carbocycles. The van der Waals surface area contributed by atoms with Crippen LogP contribution >= 0.6 is 0 Å². The second-order valence-electron chi connectivity index (χ2n) is 2.92. The van der Waals surface area contributed by atoms with E-state index in [4.69, 9.17) is 4.55 Å². The van der Waals surface area contributed by atoms with Crippen molar-refractivity contribution in [3.8, 4) is 0 Å². The van der Waals surface area contributed by atoms with Gasteiger partial charge in [-0.3, -0.25) is 4.55 Å². The van der Waals surface area contributed by atoms with E-state index in [9.17, 15) is 13.2 Å². The molecule has 1 rings (SSSR count). The van der Waals surface area contributed by atoms with Crippen molar-refractivity contribution >= 4 is 16.2 Å². The average Bonchev–Trinajstić information content (AvgIpc) is 2.51. The third kappa shape index (κ3) is 2.71. The number of methoxy groups -OCH3 is 1. The number of hydrogen-bond acceptors (Lipinski definition) is 4. The number of carbonyl (C=O) groups is 1. The minimum absolute atomic E-state index is 0.133. The maximum Gasteiger partial charge on any atom is 0.407 e. The van der Waals surface area contributed by atoms with Crippen LogP contribution in [-0.2, 0) is 14.9 Å². The summed E-state index contributed by atoms with van der Waals surface area (Å²) in [5, 5.41) is 1.47. The van der Waals surface area contributed by atoms with E-state index in [-0.39, 0.29) is 6.42 Å². The zero-order valence-electron chi connectivity index (χ0n) is 7.50. The van der Waals surface area contributed by atoms with Crippen LogP contribution in [0.2, 0.25) is 0 Å². The molecule has 0 bridgehead atoms. The highest BCUT2D eigenvalue weighted by Gasteiger charge is 2.29. The molecule has 0 aromatic carbocycles. The van der Waals surface area contributed by atoms with Gasteiger partial charge in [-0.1, -0.05) is 12.2 Å². The van der Waals surface area contributed by atoms with E-state index < -0.39 is 27.5 Å². The fraction of sp³-hybridized carbons (Fsp3) is 0.571. The van der Waals surface area contributed by atoms with Crippen LogP contribution in [0, 0.1) is 0 Å². The largest absolute Gasteiger partial charge is 0.453 e. The van der Waals surface area contributed by atoms with Crippen molar-refractivity contribution < 1.29 is 22.5 Å². The van der Waals surface area contributed by atoms with Gasteiger partial charge in [-0.25, -0.2) is 4.79 Å². The Morgan fingerprint density at radius 2 is 2.21 bits per heavy atom. The molecule has 0 aromatic heterocycles. The van der Waals surface area contributed by atoms with Gasteiger partial charge in [0.15, 0.2) is 0 Å². The molecule has 2 atom stereocenters. The first-order chi connectivity index (χ1) is 6.43. The summed E-state index contributed by atoms with van der Waals surface area (Å²) in [5.74, 6) is 0. The molecular formula is C7H11NO5S. The molecule has 0 spiro atoms. The SMILES string of the molecule is COC(=O)N[C@@H]1C=C[C@H](S(=O)(=O)O)C1. The molecule has 14 heavy (non-hydrogen) atoms. The van der Waals surface area contributed by atoms with E-state index in [2.05, 4.69) is 10.1 Å². The predicted octanol–water partition coefficient (Wildman–Crippen LogP) is -0.0727. The molecule has 7 heteroatoms. The molecular weight excluding hydrogens is 210 g/mol. The Hall–Kier alpha value is -1.08. The Morgan fingerprint density at radius 1 is 1.57 bits per heavy atom. The maximum absolute atomic E-state index is 10.7. The van der Waals surface area contributed by atoms with E-state index in [0.29, 0.717) is 0 Å². The summed E-state index contributed by atoms with van der Waals surface area (Å²) in [7, 11) is -2.84. The molecule has 0 radical (unpaired) electrons. The van der Waals surface area contributed by atoms with Gasteiger partial charge in [0.05, 0.1) is 13.2 Å².